The van der Waals surface area contributed by atoms with Crippen LogP contribution in [0.4, 0.5) is 5.69 Å². The van der Waals surface area contributed by atoms with Gasteiger partial charge in [-0.05, 0) is 55.0 Å². The largest absolute Gasteiger partial charge is 0.484 e. The molecule has 140 valence electrons. The van der Waals surface area contributed by atoms with Crippen LogP contribution in [0.2, 0.25) is 5.02 Å². The molecule has 0 atom stereocenters. The standard InChI is InChI=1S/C22H18ClN3O2/c1-15-5-6-16(20-13-26-11-3-2-4-21(26)24-20)12-19(15)25-22(27)14-28-18-9-7-17(23)8-10-18/h2-13H,14H2,1H3,(H,25,27). The van der Waals surface area contributed by atoms with Crippen molar-refractivity contribution >= 4 is 28.8 Å². The van der Waals surface area contributed by atoms with Crippen molar-refractivity contribution in [1.29, 1.82) is 0 Å². The van der Waals surface area contributed by atoms with Gasteiger partial charge >= 0.3 is 0 Å². The van der Waals surface area contributed by atoms with Gasteiger partial charge in [-0.3, -0.25) is 4.79 Å². The zero-order valence-electron chi connectivity index (χ0n) is 15.2. The van der Waals surface area contributed by atoms with E-state index in [4.69, 9.17) is 16.3 Å². The Bertz CT molecular complexity index is 1100. The van der Waals surface area contributed by atoms with Crippen LogP contribution in [-0.4, -0.2) is 21.9 Å². The molecule has 2 heterocycles. The molecule has 4 aromatic rings. The second-order valence-corrected chi connectivity index (χ2v) is 6.85. The molecule has 0 spiro atoms. The molecule has 28 heavy (non-hydrogen) atoms. The molecule has 2 aromatic carbocycles. The molecule has 0 saturated carbocycles. The van der Waals surface area contributed by atoms with Gasteiger partial charge in [0.25, 0.3) is 5.91 Å². The molecule has 6 heteroatoms. The van der Waals surface area contributed by atoms with E-state index in [0.29, 0.717) is 10.8 Å². The first-order chi connectivity index (χ1) is 13.6. The number of nitrogens with zero attached hydrogens (tertiary/aromatic N) is 2. The number of anilines is 1. The lowest BCUT2D eigenvalue weighted by Crippen LogP contribution is -2.20. The molecule has 0 radical (unpaired) electrons. The van der Waals surface area contributed by atoms with E-state index in [-0.39, 0.29) is 12.5 Å². The molecule has 0 unspecified atom stereocenters. The van der Waals surface area contributed by atoms with Crippen LogP contribution in [0, 0.1) is 6.92 Å². The van der Waals surface area contributed by atoms with E-state index >= 15 is 0 Å². The SMILES string of the molecule is Cc1ccc(-c2cn3ccccc3n2)cc1NC(=O)COc1ccc(Cl)cc1. The number of benzene rings is 2. The van der Waals surface area contributed by atoms with Crippen LogP contribution in [0.25, 0.3) is 16.9 Å². The topological polar surface area (TPSA) is 55.6 Å². The molecule has 2 aromatic heterocycles. The highest BCUT2D eigenvalue weighted by Gasteiger charge is 2.10. The summed E-state index contributed by atoms with van der Waals surface area (Å²) in [7, 11) is 0. The summed E-state index contributed by atoms with van der Waals surface area (Å²) in [6, 6.07) is 18.6. The van der Waals surface area contributed by atoms with Crippen molar-refractivity contribution in [2.75, 3.05) is 11.9 Å². The molecule has 5 nitrogen and oxygen atoms in total. The first-order valence-electron chi connectivity index (χ1n) is 8.81. The smallest absolute Gasteiger partial charge is 0.262 e. The van der Waals surface area contributed by atoms with Crippen molar-refractivity contribution in [2.45, 2.75) is 6.92 Å². The number of nitrogens with one attached hydrogen (secondary N) is 1. The number of hydrogen-bond donors (Lipinski definition) is 1. The van der Waals surface area contributed by atoms with Crippen molar-refractivity contribution in [3.05, 3.63) is 83.6 Å². The molecule has 1 amide bonds. The summed E-state index contributed by atoms with van der Waals surface area (Å²) in [4.78, 5) is 16.9. The number of carbonyl (C=O) groups excluding carboxylic acids is 1. The second-order valence-electron chi connectivity index (χ2n) is 6.41. The summed E-state index contributed by atoms with van der Waals surface area (Å²) in [5.41, 5.74) is 4.36. The number of pyridine rings is 1. The highest BCUT2D eigenvalue weighted by molar-refractivity contribution is 6.30. The van der Waals surface area contributed by atoms with E-state index in [1.807, 2.05) is 60.1 Å². The zero-order chi connectivity index (χ0) is 19.5. The lowest BCUT2D eigenvalue weighted by molar-refractivity contribution is -0.118. The quantitative estimate of drug-likeness (QED) is 0.522. The van der Waals surface area contributed by atoms with Gasteiger partial charge in [0.15, 0.2) is 6.61 Å². The van der Waals surface area contributed by atoms with Gasteiger partial charge in [0.2, 0.25) is 0 Å². The van der Waals surface area contributed by atoms with Crippen LogP contribution in [0.3, 0.4) is 0 Å². The van der Waals surface area contributed by atoms with Crippen molar-refractivity contribution in [3.63, 3.8) is 0 Å². The number of aryl methyl sites for hydroxylation is 1. The summed E-state index contributed by atoms with van der Waals surface area (Å²) in [5.74, 6) is 0.361. The van der Waals surface area contributed by atoms with Crippen LogP contribution in [0.5, 0.6) is 5.75 Å². The summed E-state index contributed by atoms with van der Waals surface area (Å²) in [6.07, 6.45) is 3.92. The third-order valence-corrected chi connectivity index (χ3v) is 4.61. The average Bonchev–Trinajstić information content (AvgIpc) is 3.13. The Morgan fingerprint density at radius 1 is 1.14 bits per heavy atom. The Labute approximate surface area is 167 Å². The average molecular weight is 392 g/mol. The highest BCUT2D eigenvalue weighted by Crippen LogP contribution is 2.25. The molecule has 0 bridgehead atoms. The molecule has 4 rings (SSSR count). The summed E-state index contributed by atoms with van der Waals surface area (Å²) in [5, 5.41) is 3.53. The van der Waals surface area contributed by atoms with Crippen LogP contribution in [-0.2, 0) is 4.79 Å². The Kier molecular flexibility index (Phi) is 5.00. The fourth-order valence-electron chi connectivity index (χ4n) is 2.86. The Morgan fingerprint density at radius 3 is 2.75 bits per heavy atom. The Morgan fingerprint density at radius 2 is 1.96 bits per heavy atom. The van der Waals surface area contributed by atoms with Crippen molar-refractivity contribution in [1.82, 2.24) is 9.38 Å². The Hall–Kier alpha value is -3.31. The van der Waals surface area contributed by atoms with E-state index < -0.39 is 0 Å². The Balaban J connectivity index is 1.49. The van der Waals surface area contributed by atoms with Crippen LogP contribution in [0.1, 0.15) is 5.56 Å². The number of imidazole rings is 1. The fraction of sp³-hybridized carbons (Fsp3) is 0.0909. The maximum absolute atomic E-state index is 12.3. The van der Waals surface area contributed by atoms with E-state index in [1.54, 1.807) is 24.3 Å². The minimum absolute atomic E-state index is 0.0837. The van der Waals surface area contributed by atoms with Gasteiger partial charge in [0.1, 0.15) is 11.4 Å². The maximum Gasteiger partial charge on any atom is 0.262 e. The van der Waals surface area contributed by atoms with E-state index in [0.717, 1.165) is 28.2 Å². The third-order valence-electron chi connectivity index (χ3n) is 4.35. The van der Waals surface area contributed by atoms with Crippen molar-refractivity contribution in [2.24, 2.45) is 0 Å². The predicted octanol–water partition coefficient (Wildman–Crippen LogP) is 4.98. The first-order valence-corrected chi connectivity index (χ1v) is 9.19. The number of amides is 1. The molecule has 0 saturated heterocycles. The van der Waals surface area contributed by atoms with Gasteiger partial charge in [-0.15, -0.1) is 0 Å². The van der Waals surface area contributed by atoms with E-state index in [1.165, 1.54) is 0 Å². The van der Waals surface area contributed by atoms with Crippen LogP contribution < -0.4 is 10.1 Å². The second kappa shape index (κ2) is 7.74. The normalized spacial score (nSPS) is 10.8. The molecule has 0 aliphatic rings. The monoisotopic (exact) mass is 391 g/mol. The van der Waals surface area contributed by atoms with Gasteiger partial charge in [-0.2, -0.15) is 0 Å². The highest BCUT2D eigenvalue weighted by atomic mass is 35.5. The number of fused-ring (bicyclic) bond motifs is 1. The predicted molar refractivity (Wildman–Crippen MR) is 111 cm³/mol. The van der Waals surface area contributed by atoms with Gasteiger partial charge in [0, 0.05) is 28.7 Å². The summed E-state index contributed by atoms with van der Waals surface area (Å²) in [6.45, 7) is 1.86. The lowest BCUT2D eigenvalue weighted by Gasteiger charge is -2.11. The fourth-order valence-corrected chi connectivity index (χ4v) is 2.98. The van der Waals surface area contributed by atoms with Crippen molar-refractivity contribution < 1.29 is 9.53 Å². The van der Waals surface area contributed by atoms with Crippen molar-refractivity contribution in [3.8, 4) is 17.0 Å². The van der Waals surface area contributed by atoms with Gasteiger partial charge in [0.05, 0.1) is 5.69 Å². The number of carbonyl (C=O) groups is 1. The third kappa shape index (κ3) is 4.00. The number of aromatic nitrogens is 2. The minimum atomic E-state index is -0.231. The van der Waals surface area contributed by atoms with E-state index in [9.17, 15) is 4.79 Å². The minimum Gasteiger partial charge on any atom is -0.484 e. The maximum atomic E-state index is 12.3. The molecular formula is C22H18ClN3O2. The van der Waals surface area contributed by atoms with Crippen LogP contribution >= 0.6 is 11.6 Å². The number of rotatable bonds is 5. The molecule has 0 aliphatic heterocycles. The summed E-state index contributed by atoms with van der Waals surface area (Å²) < 4.78 is 7.47. The molecule has 0 fully saturated rings. The number of ether oxygens (including phenoxy) is 1. The zero-order valence-corrected chi connectivity index (χ0v) is 16.0. The number of hydrogen-bond acceptors (Lipinski definition) is 3. The van der Waals surface area contributed by atoms with Crippen LogP contribution in [0.15, 0.2) is 73.1 Å². The molecule has 0 aliphatic carbocycles. The first kappa shape index (κ1) is 18.1. The lowest BCUT2D eigenvalue weighted by atomic mass is 10.1. The van der Waals surface area contributed by atoms with E-state index in [2.05, 4.69) is 10.3 Å². The van der Waals surface area contributed by atoms with Gasteiger partial charge in [-0.1, -0.05) is 29.8 Å². The molecule has 1 N–H and O–H groups in total. The number of halogens is 1. The summed E-state index contributed by atoms with van der Waals surface area (Å²) >= 11 is 5.85. The van der Waals surface area contributed by atoms with Gasteiger partial charge in [-0.25, -0.2) is 4.98 Å². The van der Waals surface area contributed by atoms with Gasteiger partial charge < -0.3 is 14.5 Å². The molecular weight excluding hydrogens is 374 g/mol.